The molecular weight excluding hydrogens is 368 g/mol. The molecule has 28 heavy (non-hydrogen) atoms. The topological polar surface area (TPSA) is 89.5 Å². The lowest BCUT2D eigenvalue weighted by atomic mass is 9.84. The van der Waals surface area contributed by atoms with Crippen molar-refractivity contribution in [2.24, 2.45) is 10.8 Å². The van der Waals surface area contributed by atoms with Gasteiger partial charge in [-0.05, 0) is 51.4 Å². The van der Waals surface area contributed by atoms with Crippen LogP contribution in [0.25, 0.3) is 0 Å². The molecule has 0 aromatic rings. The summed E-state index contributed by atoms with van der Waals surface area (Å²) in [6.07, 6.45) is 0.761. The predicted molar refractivity (Wildman–Crippen MR) is 103 cm³/mol. The number of ether oxygens (including phenoxy) is 2. The zero-order valence-corrected chi connectivity index (χ0v) is 18.8. The summed E-state index contributed by atoms with van der Waals surface area (Å²) >= 11 is 0. The molecule has 0 N–H and O–H groups in total. The fraction of sp³-hybridized carbons (Fsp3) is 0.800. The van der Waals surface area contributed by atoms with Gasteiger partial charge in [0.1, 0.15) is 23.7 Å². The largest absolute Gasteiger partial charge is 0.545 e. The Hall–Kier alpha value is -1.80. The Morgan fingerprint density at radius 1 is 0.607 bits per heavy atom. The second kappa shape index (κ2) is 10.1. The van der Waals surface area contributed by atoms with E-state index < -0.39 is 23.5 Å². The van der Waals surface area contributed by atoms with E-state index in [9.17, 15) is 9.59 Å². The Balaban J connectivity index is 4.17. The van der Waals surface area contributed by atoms with Crippen LogP contribution in [0.15, 0.2) is 12.5 Å². The highest BCUT2D eigenvalue weighted by molar-refractivity contribution is 5.61. The lowest BCUT2D eigenvalue weighted by Gasteiger charge is -2.30. The molecule has 0 heterocycles. The zero-order valence-electron chi connectivity index (χ0n) is 18.8. The van der Waals surface area contributed by atoms with Gasteiger partial charge >= 0.3 is 12.3 Å². The van der Waals surface area contributed by atoms with Gasteiger partial charge < -0.3 is 9.47 Å². The molecule has 0 unspecified atom stereocenters. The minimum absolute atomic E-state index is 0.00557. The van der Waals surface area contributed by atoms with E-state index in [-0.39, 0.29) is 10.8 Å². The smallest absolute Gasteiger partial charge is 0.398 e. The fourth-order valence-corrected chi connectivity index (χ4v) is 3.11. The Morgan fingerprint density at radius 2 is 0.893 bits per heavy atom. The molecule has 0 aromatic heterocycles. The SMILES string of the molecule is CC(C)(C)CC(C)(C)OOC(=O)O/C=C/OC(=O)OOC(C)(C)CC(C)(C)C. The quantitative estimate of drug-likeness (QED) is 0.209. The fourth-order valence-electron chi connectivity index (χ4n) is 3.11. The first-order valence-electron chi connectivity index (χ1n) is 9.19. The Bertz CT molecular complexity index is 487. The number of hydrogen-bond acceptors (Lipinski definition) is 8. The molecule has 0 aliphatic heterocycles. The van der Waals surface area contributed by atoms with Gasteiger partial charge in [-0.25, -0.2) is 9.59 Å². The molecule has 8 heteroatoms. The summed E-state index contributed by atoms with van der Waals surface area (Å²) in [6.45, 7) is 19.4. The molecule has 0 saturated heterocycles. The van der Waals surface area contributed by atoms with Crippen molar-refractivity contribution in [2.45, 2.75) is 93.3 Å². The second-order valence-corrected chi connectivity index (χ2v) is 10.3. The molecule has 0 radical (unpaired) electrons. The average molecular weight is 405 g/mol. The maximum absolute atomic E-state index is 11.5. The lowest BCUT2D eigenvalue weighted by molar-refractivity contribution is -0.321. The number of hydrogen-bond donors (Lipinski definition) is 0. The van der Waals surface area contributed by atoms with E-state index in [1.165, 1.54) is 0 Å². The third-order valence-corrected chi connectivity index (χ3v) is 2.97. The first kappa shape index (κ1) is 26.2. The van der Waals surface area contributed by atoms with Gasteiger partial charge in [0.05, 0.1) is 0 Å². The van der Waals surface area contributed by atoms with E-state index in [4.69, 9.17) is 9.78 Å². The van der Waals surface area contributed by atoms with Crippen LogP contribution in [0.1, 0.15) is 82.1 Å². The van der Waals surface area contributed by atoms with Crippen LogP contribution in [0.5, 0.6) is 0 Å². The van der Waals surface area contributed by atoms with E-state index in [1.54, 1.807) is 27.7 Å². The molecule has 0 fully saturated rings. The molecule has 0 spiro atoms. The summed E-state index contributed by atoms with van der Waals surface area (Å²) in [7, 11) is 0. The Labute approximate surface area is 168 Å². The normalized spacial score (nSPS) is 13.4. The van der Waals surface area contributed by atoms with Gasteiger partial charge in [-0.1, -0.05) is 41.5 Å². The predicted octanol–water partition coefficient (Wildman–Crippen LogP) is 6.06. The van der Waals surface area contributed by atoms with E-state index >= 15 is 0 Å². The molecule has 164 valence electrons. The van der Waals surface area contributed by atoms with Gasteiger partial charge in [0.15, 0.2) is 0 Å². The van der Waals surface area contributed by atoms with Crippen LogP contribution in [-0.4, -0.2) is 23.5 Å². The highest BCUT2D eigenvalue weighted by Gasteiger charge is 2.30. The summed E-state index contributed by atoms with van der Waals surface area (Å²) < 4.78 is 9.18. The summed E-state index contributed by atoms with van der Waals surface area (Å²) in [4.78, 5) is 42.3. The highest BCUT2D eigenvalue weighted by Crippen LogP contribution is 2.30. The molecule has 0 aliphatic carbocycles. The van der Waals surface area contributed by atoms with Crippen molar-refractivity contribution in [1.82, 2.24) is 0 Å². The van der Waals surface area contributed by atoms with Gasteiger partial charge in [0.25, 0.3) is 0 Å². The van der Waals surface area contributed by atoms with Crippen molar-refractivity contribution in [3.63, 3.8) is 0 Å². The van der Waals surface area contributed by atoms with Gasteiger partial charge in [-0.2, -0.15) is 9.78 Å². The summed E-state index contributed by atoms with van der Waals surface area (Å²) in [5.74, 6) is 0. The van der Waals surface area contributed by atoms with Crippen LogP contribution in [0.3, 0.4) is 0 Å². The first-order valence-corrected chi connectivity index (χ1v) is 9.19. The first-order chi connectivity index (χ1) is 12.4. The van der Waals surface area contributed by atoms with Crippen LogP contribution in [0, 0.1) is 10.8 Å². The molecule has 0 aliphatic rings. The van der Waals surface area contributed by atoms with Crippen LogP contribution in [0.2, 0.25) is 0 Å². The van der Waals surface area contributed by atoms with Crippen LogP contribution in [-0.2, 0) is 29.0 Å². The van der Waals surface area contributed by atoms with E-state index in [0.29, 0.717) is 12.8 Å². The van der Waals surface area contributed by atoms with Gasteiger partial charge in [-0.15, -0.1) is 0 Å². The van der Waals surface area contributed by atoms with Crippen molar-refractivity contribution >= 4 is 12.3 Å². The maximum Gasteiger partial charge on any atom is 0.545 e. The standard InChI is InChI=1S/C20H36O8/c1-17(2,3)13-19(7,8)27-25-15(21)23-11-12-24-16(22)26-28-20(9,10)14-18(4,5)6/h11-12H,13-14H2,1-10H3/b12-11+. The van der Waals surface area contributed by atoms with Crippen molar-refractivity contribution in [2.75, 3.05) is 0 Å². The molecular formula is C20H36O8. The molecule has 0 aromatic carbocycles. The molecule has 8 nitrogen and oxygen atoms in total. The minimum Gasteiger partial charge on any atom is -0.398 e. The Morgan fingerprint density at radius 3 is 1.14 bits per heavy atom. The van der Waals surface area contributed by atoms with E-state index in [1.807, 2.05) is 41.5 Å². The van der Waals surface area contributed by atoms with Crippen molar-refractivity contribution in [3.05, 3.63) is 12.5 Å². The second-order valence-electron chi connectivity index (χ2n) is 10.3. The molecule has 0 rings (SSSR count). The average Bonchev–Trinajstić information content (AvgIpc) is 2.43. The van der Waals surface area contributed by atoms with Crippen molar-refractivity contribution in [3.8, 4) is 0 Å². The van der Waals surface area contributed by atoms with Gasteiger partial charge in [0, 0.05) is 0 Å². The van der Waals surface area contributed by atoms with Gasteiger partial charge in [0.2, 0.25) is 0 Å². The third-order valence-electron chi connectivity index (χ3n) is 2.97. The Kier molecular flexibility index (Phi) is 9.46. The number of carbonyl (C=O) groups excluding carboxylic acids is 2. The van der Waals surface area contributed by atoms with Crippen molar-refractivity contribution < 1.29 is 38.6 Å². The van der Waals surface area contributed by atoms with E-state index in [2.05, 4.69) is 19.2 Å². The third kappa shape index (κ3) is 15.3. The van der Waals surface area contributed by atoms with Crippen LogP contribution >= 0.6 is 0 Å². The molecule has 0 saturated carbocycles. The number of rotatable bonds is 8. The molecule has 0 atom stereocenters. The lowest BCUT2D eigenvalue weighted by Crippen LogP contribution is -2.31. The zero-order chi connectivity index (χ0) is 22.2. The molecule has 0 bridgehead atoms. The summed E-state index contributed by atoms with van der Waals surface area (Å²) in [5.41, 5.74) is -1.38. The minimum atomic E-state index is -1.10. The monoisotopic (exact) mass is 404 g/mol. The van der Waals surface area contributed by atoms with E-state index in [0.717, 1.165) is 12.5 Å². The highest BCUT2D eigenvalue weighted by atomic mass is 17.2. The van der Waals surface area contributed by atoms with Crippen molar-refractivity contribution in [1.29, 1.82) is 0 Å². The van der Waals surface area contributed by atoms with Crippen LogP contribution < -0.4 is 0 Å². The van der Waals surface area contributed by atoms with Gasteiger partial charge in [-0.3, -0.25) is 9.78 Å². The number of carbonyl (C=O) groups is 2. The maximum atomic E-state index is 11.5. The van der Waals surface area contributed by atoms with Crippen LogP contribution in [0.4, 0.5) is 9.59 Å². The summed E-state index contributed by atoms with van der Waals surface area (Å²) in [6, 6.07) is 0. The summed E-state index contributed by atoms with van der Waals surface area (Å²) in [5, 5.41) is 0. The molecule has 0 amide bonds.